The number of alkyl halides is 3. The van der Waals surface area contributed by atoms with Crippen LogP contribution in [0, 0.1) is 0 Å². The lowest BCUT2D eigenvalue weighted by Crippen LogP contribution is -2.43. The van der Waals surface area contributed by atoms with Crippen LogP contribution in [0.25, 0.3) is 0 Å². The first-order chi connectivity index (χ1) is 14.7. The second-order valence-electron chi connectivity index (χ2n) is 6.85. The number of carbonyl (C=O) groups excluding carboxylic acids is 1. The number of morpholine rings is 1. The van der Waals surface area contributed by atoms with Crippen LogP contribution in [-0.4, -0.2) is 64.8 Å². The van der Waals surface area contributed by atoms with Gasteiger partial charge in [-0.25, -0.2) is 13.1 Å². The molecule has 0 spiro atoms. The van der Waals surface area contributed by atoms with Gasteiger partial charge < -0.3 is 10.1 Å². The number of thiophene rings is 1. The minimum Gasteiger partial charge on any atom is -0.379 e. The number of sulfonamides is 1. The van der Waals surface area contributed by atoms with E-state index < -0.39 is 28.7 Å². The molecule has 2 N–H and O–H groups in total. The topological polar surface area (TPSA) is 87.7 Å². The van der Waals surface area contributed by atoms with E-state index in [1.807, 2.05) is 17.5 Å². The van der Waals surface area contributed by atoms with Gasteiger partial charge in [0.05, 0.1) is 24.2 Å². The van der Waals surface area contributed by atoms with Gasteiger partial charge in [-0.3, -0.25) is 9.69 Å². The molecule has 1 aromatic carbocycles. The van der Waals surface area contributed by atoms with E-state index in [-0.39, 0.29) is 23.0 Å². The average Bonchev–Trinajstić information content (AvgIpc) is 3.27. The van der Waals surface area contributed by atoms with Crippen molar-refractivity contribution in [2.75, 3.05) is 39.4 Å². The summed E-state index contributed by atoms with van der Waals surface area (Å²) in [4.78, 5) is 14.9. The van der Waals surface area contributed by atoms with E-state index in [4.69, 9.17) is 4.74 Å². The summed E-state index contributed by atoms with van der Waals surface area (Å²) in [6, 6.07) is 8.46. The number of ether oxygens (including phenoxy) is 1. The first-order valence-electron chi connectivity index (χ1n) is 9.45. The maximum atomic E-state index is 12.7. The van der Waals surface area contributed by atoms with Crippen molar-refractivity contribution in [3.63, 3.8) is 0 Å². The molecule has 1 unspecified atom stereocenters. The van der Waals surface area contributed by atoms with Gasteiger partial charge >= 0.3 is 6.18 Å². The maximum absolute atomic E-state index is 12.7. The molecular formula is C19H22F3N3O4S2. The lowest BCUT2D eigenvalue weighted by Gasteiger charge is -2.34. The molecule has 3 rings (SSSR count). The van der Waals surface area contributed by atoms with Crippen LogP contribution < -0.4 is 10.0 Å². The van der Waals surface area contributed by atoms with Crippen molar-refractivity contribution >= 4 is 27.3 Å². The summed E-state index contributed by atoms with van der Waals surface area (Å²) >= 11 is 1.54. The summed E-state index contributed by atoms with van der Waals surface area (Å²) in [6.07, 6.45) is -4.53. The highest BCUT2D eigenvalue weighted by atomic mass is 32.2. The minimum absolute atomic E-state index is 0.0621. The zero-order valence-corrected chi connectivity index (χ0v) is 18.0. The standard InChI is InChI=1S/C19H22F3N3O4S2/c20-19(21,22)13-23-18(26)14-3-5-15(6-4-14)31(27,28)24-12-16(17-2-1-11-30-17)25-7-9-29-10-8-25/h1-6,11,16,24H,7-10,12-13H2,(H,23,26). The Labute approximate surface area is 182 Å². The van der Waals surface area contributed by atoms with Crippen molar-refractivity contribution < 1.29 is 31.1 Å². The molecule has 0 saturated carbocycles. The number of nitrogens with one attached hydrogen (secondary N) is 2. The van der Waals surface area contributed by atoms with Crippen molar-refractivity contribution in [2.45, 2.75) is 17.1 Å². The molecule has 1 aliphatic rings. The third-order valence-electron chi connectivity index (χ3n) is 4.70. The van der Waals surface area contributed by atoms with Crippen LogP contribution in [0.5, 0.6) is 0 Å². The van der Waals surface area contributed by atoms with E-state index in [2.05, 4.69) is 9.62 Å². The summed E-state index contributed by atoms with van der Waals surface area (Å²) in [5.74, 6) is -0.931. The molecule has 170 valence electrons. The van der Waals surface area contributed by atoms with Gasteiger partial charge in [0, 0.05) is 30.1 Å². The first-order valence-corrected chi connectivity index (χ1v) is 11.8. The van der Waals surface area contributed by atoms with Crippen LogP contribution >= 0.6 is 11.3 Å². The Bertz CT molecular complexity index is 958. The van der Waals surface area contributed by atoms with Gasteiger partial charge in [0.2, 0.25) is 10.0 Å². The number of hydrogen-bond acceptors (Lipinski definition) is 6. The SMILES string of the molecule is O=C(NCC(F)(F)F)c1ccc(S(=O)(=O)NCC(c2cccs2)N2CCOCC2)cc1. The zero-order valence-electron chi connectivity index (χ0n) is 16.4. The second-order valence-corrected chi connectivity index (χ2v) is 9.60. The Kier molecular flexibility index (Phi) is 7.70. The van der Waals surface area contributed by atoms with Crippen LogP contribution in [-0.2, 0) is 14.8 Å². The molecule has 0 radical (unpaired) electrons. The Hall–Kier alpha value is -1.99. The van der Waals surface area contributed by atoms with Crippen LogP contribution in [0.3, 0.4) is 0 Å². The molecule has 1 atom stereocenters. The molecule has 1 aromatic heterocycles. The van der Waals surface area contributed by atoms with E-state index in [0.29, 0.717) is 26.3 Å². The van der Waals surface area contributed by atoms with E-state index in [1.54, 1.807) is 16.7 Å². The zero-order chi connectivity index (χ0) is 22.5. The molecule has 12 heteroatoms. The predicted molar refractivity (Wildman–Crippen MR) is 109 cm³/mol. The fourth-order valence-corrected chi connectivity index (χ4v) is 5.02. The molecule has 1 amide bonds. The van der Waals surface area contributed by atoms with Gasteiger partial charge in [0.25, 0.3) is 5.91 Å². The number of halogens is 3. The maximum Gasteiger partial charge on any atom is 0.405 e. The number of carbonyl (C=O) groups is 1. The van der Waals surface area contributed by atoms with Gasteiger partial charge in [-0.2, -0.15) is 13.2 Å². The molecule has 1 fully saturated rings. The number of benzene rings is 1. The van der Waals surface area contributed by atoms with Crippen molar-refractivity contribution in [2.24, 2.45) is 0 Å². The Balaban J connectivity index is 1.66. The van der Waals surface area contributed by atoms with E-state index in [1.165, 1.54) is 24.3 Å². The van der Waals surface area contributed by atoms with Crippen LogP contribution in [0.15, 0.2) is 46.7 Å². The van der Waals surface area contributed by atoms with Gasteiger partial charge in [-0.15, -0.1) is 11.3 Å². The number of nitrogens with zero attached hydrogens (tertiary/aromatic N) is 1. The van der Waals surface area contributed by atoms with Gasteiger partial charge in [-0.1, -0.05) is 6.07 Å². The van der Waals surface area contributed by atoms with Gasteiger partial charge in [0.1, 0.15) is 6.54 Å². The molecule has 0 bridgehead atoms. The molecule has 0 aliphatic carbocycles. The minimum atomic E-state index is -4.53. The largest absolute Gasteiger partial charge is 0.405 e. The molecule has 31 heavy (non-hydrogen) atoms. The highest BCUT2D eigenvalue weighted by molar-refractivity contribution is 7.89. The van der Waals surface area contributed by atoms with Crippen LogP contribution in [0.1, 0.15) is 21.3 Å². The lowest BCUT2D eigenvalue weighted by atomic mass is 10.2. The highest BCUT2D eigenvalue weighted by Crippen LogP contribution is 2.26. The number of amides is 1. The Morgan fingerprint density at radius 2 is 1.84 bits per heavy atom. The van der Waals surface area contributed by atoms with E-state index >= 15 is 0 Å². The molecular weight excluding hydrogens is 455 g/mol. The Morgan fingerprint density at radius 1 is 1.16 bits per heavy atom. The summed E-state index contributed by atoms with van der Waals surface area (Å²) in [7, 11) is -3.88. The van der Waals surface area contributed by atoms with Crippen molar-refractivity contribution in [3.05, 3.63) is 52.2 Å². The lowest BCUT2D eigenvalue weighted by molar-refractivity contribution is -0.123. The smallest absolute Gasteiger partial charge is 0.379 e. The summed E-state index contributed by atoms with van der Waals surface area (Å²) < 4.78 is 70.1. The summed E-state index contributed by atoms with van der Waals surface area (Å²) in [5, 5.41) is 3.68. The normalized spacial score (nSPS) is 16.7. The third kappa shape index (κ3) is 6.74. The van der Waals surface area contributed by atoms with Crippen molar-refractivity contribution in [3.8, 4) is 0 Å². The van der Waals surface area contributed by atoms with E-state index in [0.717, 1.165) is 4.88 Å². The van der Waals surface area contributed by atoms with Crippen LogP contribution in [0.2, 0.25) is 0 Å². The highest BCUT2D eigenvalue weighted by Gasteiger charge is 2.28. The fourth-order valence-electron chi connectivity index (χ4n) is 3.12. The monoisotopic (exact) mass is 477 g/mol. The number of rotatable bonds is 8. The van der Waals surface area contributed by atoms with Crippen LogP contribution in [0.4, 0.5) is 13.2 Å². The van der Waals surface area contributed by atoms with Gasteiger partial charge in [-0.05, 0) is 35.7 Å². The van der Waals surface area contributed by atoms with Gasteiger partial charge in [0.15, 0.2) is 0 Å². The van der Waals surface area contributed by atoms with E-state index in [9.17, 15) is 26.4 Å². The first kappa shape index (κ1) is 23.7. The molecule has 1 saturated heterocycles. The number of hydrogen-bond donors (Lipinski definition) is 2. The summed E-state index contributed by atoms with van der Waals surface area (Å²) in [6.45, 7) is 1.22. The molecule has 1 aliphatic heterocycles. The van der Waals surface area contributed by atoms with Crippen molar-refractivity contribution in [1.29, 1.82) is 0 Å². The second kappa shape index (κ2) is 10.1. The summed E-state index contributed by atoms with van der Waals surface area (Å²) in [5.41, 5.74) is -0.0621. The predicted octanol–water partition coefficient (Wildman–Crippen LogP) is 2.39. The molecule has 2 aromatic rings. The molecule has 7 nitrogen and oxygen atoms in total. The van der Waals surface area contributed by atoms with Crippen molar-refractivity contribution in [1.82, 2.24) is 14.9 Å². The molecule has 2 heterocycles. The third-order valence-corrected chi connectivity index (χ3v) is 7.11. The average molecular weight is 478 g/mol. The fraction of sp³-hybridized carbons (Fsp3) is 0.421. The Morgan fingerprint density at radius 3 is 2.42 bits per heavy atom. The quantitative estimate of drug-likeness (QED) is 0.610.